The van der Waals surface area contributed by atoms with Gasteiger partial charge in [-0.15, -0.1) is 5.10 Å². The van der Waals surface area contributed by atoms with Gasteiger partial charge in [0, 0.05) is 0 Å². The van der Waals surface area contributed by atoms with E-state index < -0.39 is 24.4 Å². The van der Waals surface area contributed by atoms with Crippen LogP contribution in [0.3, 0.4) is 0 Å². The van der Waals surface area contributed by atoms with E-state index in [2.05, 4.69) is 15.5 Å². The molecule has 1 aromatic carbocycles. The van der Waals surface area contributed by atoms with Gasteiger partial charge < -0.3 is 5.32 Å². The van der Waals surface area contributed by atoms with Crippen LogP contribution in [0.15, 0.2) is 29.4 Å². The van der Waals surface area contributed by atoms with Crippen LogP contribution in [-0.2, 0) is 4.79 Å². The van der Waals surface area contributed by atoms with Crippen molar-refractivity contribution in [1.29, 1.82) is 0 Å². The van der Waals surface area contributed by atoms with E-state index in [1.165, 1.54) is 22.9 Å². The number of amides is 1. The third kappa shape index (κ3) is 4.69. The van der Waals surface area contributed by atoms with E-state index in [9.17, 15) is 22.4 Å². The molecule has 0 aliphatic carbocycles. The molecule has 0 fully saturated rings. The van der Waals surface area contributed by atoms with Gasteiger partial charge in [0.15, 0.2) is 0 Å². The smallest absolute Gasteiger partial charge is 0.346 e. The second kappa shape index (κ2) is 6.73. The molecule has 1 N–H and O–H groups in total. The molecular weight excluding hydrogens is 326 g/mol. The number of hydrogen-bond acceptors (Lipinski definition) is 5. The molecule has 0 spiro atoms. The molecule has 0 aliphatic rings. The minimum atomic E-state index is -4.47. The van der Waals surface area contributed by atoms with Crippen molar-refractivity contribution in [2.45, 2.75) is 11.3 Å². The number of halogens is 4. The number of benzene rings is 1. The largest absolute Gasteiger partial charge is 0.405 e. The highest BCUT2D eigenvalue weighted by Gasteiger charge is 2.27. The maximum Gasteiger partial charge on any atom is 0.405 e. The van der Waals surface area contributed by atoms with Crippen LogP contribution < -0.4 is 5.32 Å². The van der Waals surface area contributed by atoms with Crippen molar-refractivity contribution in [2.24, 2.45) is 0 Å². The average molecular weight is 335 g/mol. The molecule has 0 atom stereocenters. The maximum absolute atomic E-state index is 13.2. The van der Waals surface area contributed by atoms with Crippen molar-refractivity contribution in [3.63, 3.8) is 0 Å². The van der Waals surface area contributed by atoms with Gasteiger partial charge in [-0.25, -0.2) is 4.39 Å². The van der Waals surface area contributed by atoms with Crippen molar-refractivity contribution in [2.75, 3.05) is 12.3 Å². The van der Waals surface area contributed by atoms with Crippen LogP contribution in [0.5, 0.6) is 0 Å². The maximum atomic E-state index is 13.2. The lowest BCUT2D eigenvalue weighted by Gasteiger charge is -2.08. The highest BCUT2D eigenvalue weighted by molar-refractivity contribution is 7.99. The summed E-state index contributed by atoms with van der Waals surface area (Å²) >= 11 is 0.838. The molecule has 118 valence electrons. The number of nitrogens with one attached hydrogen (secondary N) is 1. The molecule has 0 unspecified atom stereocenters. The molecule has 11 heteroatoms. The first-order valence-electron chi connectivity index (χ1n) is 5.86. The molecule has 22 heavy (non-hydrogen) atoms. The third-order valence-corrected chi connectivity index (χ3v) is 3.23. The summed E-state index contributed by atoms with van der Waals surface area (Å²) < 4.78 is 50.2. The van der Waals surface area contributed by atoms with Crippen LogP contribution in [0, 0.1) is 5.82 Å². The number of carbonyl (C=O) groups is 1. The lowest BCUT2D eigenvalue weighted by atomic mass is 10.3. The Hall–Kier alpha value is -2.17. The average Bonchev–Trinajstić information content (AvgIpc) is 2.90. The normalized spacial score (nSPS) is 11.5. The van der Waals surface area contributed by atoms with Crippen LogP contribution in [0.2, 0.25) is 0 Å². The highest BCUT2D eigenvalue weighted by Crippen LogP contribution is 2.18. The number of nitrogens with zero attached hydrogens (tertiary/aromatic N) is 4. The minimum absolute atomic E-state index is 0.160. The van der Waals surface area contributed by atoms with E-state index in [-0.39, 0.29) is 10.9 Å². The summed E-state index contributed by atoms with van der Waals surface area (Å²) in [5.41, 5.74) is 0.336. The first-order valence-corrected chi connectivity index (χ1v) is 6.84. The second-order valence-corrected chi connectivity index (χ2v) is 4.98. The lowest BCUT2D eigenvalue weighted by Crippen LogP contribution is -2.34. The van der Waals surface area contributed by atoms with E-state index in [0.717, 1.165) is 11.8 Å². The number of carbonyl (C=O) groups excluding carboxylic acids is 1. The summed E-state index contributed by atoms with van der Waals surface area (Å²) in [7, 11) is 0. The van der Waals surface area contributed by atoms with Crippen LogP contribution in [0.4, 0.5) is 17.6 Å². The molecule has 1 amide bonds. The summed E-state index contributed by atoms with van der Waals surface area (Å²) in [5.74, 6) is -1.60. The Morgan fingerprint density at radius 1 is 1.36 bits per heavy atom. The van der Waals surface area contributed by atoms with Gasteiger partial charge in [-0.2, -0.15) is 17.9 Å². The molecule has 0 bridgehead atoms. The summed E-state index contributed by atoms with van der Waals surface area (Å²) in [6.07, 6.45) is -4.47. The summed E-state index contributed by atoms with van der Waals surface area (Å²) in [6, 6.07) is 5.43. The van der Waals surface area contributed by atoms with Gasteiger partial charge in [0.25, 0.3) is 0 Å². The van der Waals surface area contributed by atoms with Crippen LogP contribution >= 0.6 is 11.8 Å². The zero-order valence-electron chi connectivity index (χ0n) is 10.8. The van der Waals surface area contributed by atoms with Gasteiger partial charge in [-0.3, -0.25) is 4.79 Å². The molecular formula is C11H9F4N5OS. The molecule has 0 saturated carbocycles. The van der Waals surface area contributed by atoms with Gasteiger partial charge in [0.2, 0.25) is 11.1 Å². The van der Waals surface area contributed by atoms with Gasteiger partial charge in [-0.1, -0.05) is 17.8 Å². The fourth-order valence-corrected chi connectivity index (χ4v) is 2.14. The molecule has 0 radical (unpaired) electrons. The fourth-order valence-electron chi connectivity index (χ4n) is 1.42. The molecule has 2 rings (SSSR count). The Labute approximate surface area is 125 Å². The van der Waals surface area contributed by atoms with Crippen molar-refractivity contribution < 1.29 is 22.4 Å². The van der Waals surface area contributed by atoms with Gasteiger partial charge in [0.1, 0.15) is 12.4 Å². The van der Waals surface area contributed by atoms with Crippen LogP contribution in [-0.4, -0.2) is 44.6 Å². The summed E-state index contributed by atoms with van der Waals surface area (Å²) in [5, 5.41) is 12.6. The van der Waals surface area contributed by atoms with Crippen molar-refractivity contribution in [3.8, 4) is 5.69 Å². The standard InChI is InChI=1S/C11H9F4N5OS/c12-7-2-1-3-8(4-7)20-10(17-18-19-20)22-5-9(21)16-6-11(13,14)15/h1-4H,5-6H2,(H,16,21). The minimum Gasteiger partial charge on any atom is -0.346 e. The Morgan fingerprint density at radius 3 is 2.82 bits per heavy atom. The number of aromatic nitrogens is 4. The molecule has 2 aromatic rings. The highest BCUT2D eigenvalue weighted by atomic mass is 32.2. The molecule has 1 aromatic heterocycles. The third-order valence-electron chi connectivity index (χ3n) is 2.31. The van der Waals surface area contributed by atoms with Crippen molar-refractivity contribution >= 4 is 17.7 Å². The zero-order chi connectivity index (χ0) is 16.2. The van der Waals surface area contributed by atoms with Gasteiger partial charge in [-0.05, 0) is 28.6 Å². The van der Waals surface area contributed by atoms with Crippen LogP contribution in [0.25, 0.3) is 5.69 Å². The number of rotatable bonds is 5. The Morgan fingerprint density at radius 2 is 2.14 bits per heavy atom. The van der Waals surface area contributed by atoms with E-state index in [1.54, 1.807) is 11.4 Å². The van der Waals surface area contributed by atoms with Crippen molar-refractivity contribution in [1.82, 2.24) is 25.5 Å². The fraction of sp³-hybridized carbons (Fsp3) is 0.273. The Balaban J connectivity index is 1.98. The van der Waals surface area contributed by atoms with E-state index in [0.29, 0.717) is 5.69 Å². The summed E-state index contributed by atoms with van der Waals surface area (Å²) in [4.78, 5) is 11.3. The molecule has 0 aliphatic heterocycles. The summed E-state index contributed by atoms with van der Waals surface area (Å²) in [6.45, 7) is -1.40. The predicted molar refractivity (Wildman–Crippen MR) is 68.9 cm³/mol. The van der Waals surface area contributed by atoms with E-state index in [4.69, 9.17) is 0 Å². The quantitative estimate of drug-likeness (QED) is 0.663. The van der Waals surface area contributed by atoms with Gasteiger partial charge in [0.05, 0.1) is 11.4 Å². The lowest BCUT2D eigenvalue weighted by molar-refractivity contribution is -0.136. The predicted octanol–water partition coefficient (Wildman–Crippen LogP) is 1.57. The van der Waals surface area contributed by atoms with Crippen molar-refractivity contribution in [3.05, 3.63) is 30.1 Å². The number of thioether (sulfide) groups is 1. The molecule has 1 heterocycles. The Kier molecular flexibility index (Phi) is 4.96. The van der Waals surface area contributed by atoms with Crippen LogP contribution in [0.1, 0.15) is 0 Å². The van der Waals surface area contributed by atoms with E-state index >= 15 is 0 Å². The molecule has 6 nitrogen and oxygen atoms in total. The van der Waals surface area contributed by atoms with Gasteiger partial charge >= 0.3 is 6.18 Å². The number of hydrogen-bond donors (Lipinski definition) is 1. The Bertz CT molecular complexity index is 660. The first-order chi connectivity index (χ1) is 10.3. The second-order valence-electron chi connectivity index (χ2n) is 4.03. The number of tetrazole rings is 1. The topological polar surface area (TPSA) is 72.7 Å². The number of alkyl halides is 3. The van der Waals surface area contributed by atoms with E-state index in [1.807, 2.05) is 0 Å². The SMILES string of the molecule is O=C(CSc1nnnn1-c1cccc(F)c1)NCC(F)(F)F. The first kappa shape index (κ1) is 16.2. The molecule has 0 saturated heterocycles. The zero-order valence-corrected chi connectivity index (χ0v) is 11.7. The monoisotopic (exact) mass is 335 g/mol.